The molecule has 2 aliphatic carbocycles. The Hall–Kier alpha value is -0.470. The number of fused-ring (bicyclic) bond motifs is 3. The van der Waals surface area contributed by atoms with Crippen molar-refractivity contribution in [3.8, 4) is 0 Å². The van der Waals surface area contributed by atoms with Crippen molar-refractivity contribution in [1.82, 2.24) is 0 Å². The summed E-state index contributed by atoms with van der Waals surface area (Å²) in [5.41, 5.74) is 2.37. The van der Waals surface area contributed by atoms with Crippen LogP contribution in [0.4, 0.5) is 0 Å². The van der Waals surface area contributed by atoms with Crippen molar-refractivity contribution in [3.05, 3.63) is 29.8 Å². The molecule has 2 heteroatoms. The normalized spacial score (nSPS) is 39.7. The molecular weight excluding hydrogens is 276 g/mol. The summed E-state index contributed by atoms with van der Waals surface area (Å²) >= 11 is 2.01. The number of thioether (sulfide) groups is 1. The van der Waals surface area contributed by atoms with E-state index in [0.29, 0.717) is 22.2 Å². The van der Waals surface area contributed by atoms with Crippen LogP contribution < -0.4 is 0 Å². The molecule has 0 aromatic heterocycles. The highest BCUT2D eigenvalue weighted by Crippen LogP contribution is 2.66. The van der Waals surface area contributed by atoms with Gasteiger partial charge in [0.15, 0.2) is 0 Å². The minimum Gasteiger partial charge on any atom is -0.376 e. The summed E-state index contributed by atoms with van der Waals surface area (Å²) in [5, 5.41) is 0.619. The Kier molecular flexibility index (Phi) is 3.21. The molecule has 4 rings (SSSR count). The van der Waals surface area contributed by atoms with Crippen LogP contribution in [0.25, 0.3) is 0 Å². The largest absolute Gasteiger partial charge is 0.376 e. The van der Waals surface area contributed by atoms with E-state index in [1.807, 2.05) is 11.8 Å². The standard InChI is InChI=1S/C19H26OS/c1-18(2)14-8-9-19(18,3)17(11-14)20-12-15-10-13-6-4-5-7-16(13)21-15/h4-7,14-15,17H,8-12H2,1-3H3. The molecule has 2 saturated carbocycles. The third-order valence-corrected chi connectivity index (χ3v) is 8.20. The molecular formula is C19H26OS. The molecule has 3 aliphatic rings. The average molecular weight is 302 g/mol. The molecule has 4 unspecified atom stereocenters. The van der Waals surface area contributed by atoms with Crippen molar-refractivity contribution in [2.45, 2.75) is 62.7 Å². The number of benzene rings is 1. The van der Waals surface area contributed by atoms with Crippen LogP contribution in [0, 0.1) is 16.7 Å². The van der Waals surface area contributed by atoms with Gasteiger partial charge in [-0.2, -0.15) is 0 Å². The minimum atomic E-state index is 0.397. The smallest absolute Gasteiger partial charge is 0.0637 e. The first-order valence-electron chi connectivity index (χ1n) is 8.37. The van der Waals surface area contributed by atoms with Gasteiger partial charge >= 0.3 is 0 Å². The first-order valence-corrected chi connectivity index (χ1v) is 9.25. The Bertz CT molecular complexity index is 527. The fraction of sp³-hybridized carbons (Fsp3) is 0.684. The minimum absolute atomic E-state index is 0.397. The predicted molar refractivity (Wildman–Crippen MR) is 88.8 cm³/mol. The van der Waals surface area contributed by atoms with E-state index >= 15 is 0 Å². The van der Waals surface area contributed by atoms with Crippen LogP contribution in [0.15, 0.2) is 29.2 Å². The van der Waals surface area contributed by atoms with Crippen LogP contribution in [0.1, 0.15) is 45.6 Å². The van der Waals surface area contributed by atoms with Crippen LogP contribution in [0.3, 0.4) is 0 Å². The van der Waals surface area contributed by atoms with Gasteiger partial charge < -0.3 is 4.74 Å². The Labute approximate surface area is 132 Å². The van der Waals surface area contributed by atoms with Gasteiger partial charge in [-0.1, -0.05) is 39.0 Å². The maximum Gasteiger partial charge on any atom is 0.0637 e. The molecule has 0 amide bonds. The van der Waals surface area contributed by atoms with Crippen molar-refractivity contribution in [2.75, 3.05) is 6.61 Å². The quantitative estimate of drug-likeness (QED) is 0.782. The van der Waals surface area contributed by atoms with Gasteiger partial charge in [0.1, 0.15) is 0 Å². The molecule has 0 N–H and O–H groups in total. The van der Waals surface area contributed by atoms with E-state index in [0.717, 1.165) is 12.5 Å². The van der Waals surface area contributed by atoms with Crippen LogP contribution >= 0.6 is 11.8 Å². The van der Waals surface area contributed by atoms with Crippen molar-refractivity contribution >= 4 is 11.8 Å². The highest BCUT2D eigenvalue weighted by atomic mass is 32.2. The van der Waals surface area contributed by atoms with Gasteiger partial charge in [-0.25, -0.2) is 0 Å². The molecule has 2 fully saturated rings. The zero-order chi connectivity index (χ0) is 14.7. The average Bonchev–Trinajstić information content (AvgIpc) is 3.02. The molecule has 4 atom stereocenters. The molecule has 21 heavy (non-hydrogen) atoms. The summed E-state index contributed by atoms with van der Waals surface area (Å²) in [7, 11) is 0. The molecule has 0 saturated heterocycles. The van der Waals surface area contributed by atoms with Gasteiger partial charge in [0, 0.05) is 10.1 Å². The van der Waals surface area contributed by atoms with Crippen LogP contribution in [0.2, 0.25) is 0 Å². The maximum absolute atomic E-state index is 6.47. The molecule has 1 aromatic carbocycles. The Morgan fingerprint density at radius 1 is 1.24 bits per heavy atom. The highest BCUT2D eigenvalue weighted by molar-refractivity contribution is 8.00. The van der Waals surface area contributed by atoms with E-state index in [2.05, 4.69) is 45.0 Å². The van der Waals surface area contributed by atoms with Gasteiger partial charge in [0.2, 0.25) is 0 Å². The van der Waals surface area contributed by atoms with Gasteiger partial charge in [-0.3, -0.25) is 0 Å². The third-order valence-electron chi connectivity index (χ3n) is 6.91. The summed E-state index contributed by atoms with van der Waals surface area (Å²) in [4.78, 5) is 1.46. The van der Waals surface area contributed by atoms with E-state index in [4.69, 9.17) is 4.74 Å². The zero-order valence-electron chi connectivity index (χ0n) is 13.4. The summed E-state index contributed by atoms with van der Waals surface area (Å²) in [6.07, 6.45) is 5.71. The molecule has 0 radical (unpaired) electrons. The summed E-state index contributed by atoms with van der Waals surface area (Å²) in [6.45, 7) is 8.33. The lowest BCUT2D eigenvalue weighted by molar-refractivity contribution is -0.0455. The summed E-state index contributed by atoms with van der Waals surface area (Å²) in [5.74, 6) is 0.876. The fourth-order valence-electron chi connectivity index (χ4n) is 4.95. The third kappa shape index (κ3) is 2.02. The lowest BCUT2D eigenvalue weighted by Crippen LogP contribution is -2.38. The van der Waals surface area contributed by atoms with Crippen molar-refractivity contribution < 1.29 is 4.74 Å². The monoisotopic (exact) mass is 302 g/mol. The fourth-order valence-corrected chi connectivity index (χ4v) is 6.18. The van der Waals surface area contributed by atoms with Crippen LogP contribution in [-0.4, -0.2) is 18.0 Å². The lowest BCUT2D eigenvalue weighted by Gasteiger charge is -2.39. The molecule has 1 nitrogen and oxygen atoms in total. The van der Waals surface area contributed by atoms with Gasteiger partial charge in [0.25, 0.3) is 0 Å². The summed E-state index contributed by atoms with van der Waals surface area (Å²) < 4.78 is 6.47. The van der Waals surface area contributed by atoms with E-state index < -0.39 is 0 Å². The van der Waals surface area contributed by atoms with Crippen molar-refractivity contribution in [2.24, 2.45) is 16.7 Å². The topological polar surface area (TPSA) is 9.23 Å². The Morgan fingerprint density at radius 2 is 2.05 bits per heavy atom. The lowest BCUT2D eigenvalue weighted by atomic mass is 9.70. The molecule has 1 aromatic rings. The second-order valence-electron chi connectivity index (χ2n) is 7.98. The first kappa shape index (κ1) is 14.1. The second kappa shape index (κ2) is 4.76. The maximum atomic E-state index is 6.47. The Balaban J connectivity index is 1.39. The highest BCUT2D eigenvalue weighted by Gasteiger charge is 2.61. The number of hydrogen-bond donors (Lipinski definition) is 0. The molecule has 0 spiro atoms. The SMILES string of the molecule is CC1(C)C2CCC1(C)C(OCC1Cc3ccccc3S1)C2. The zero-order valence-corrected chi connectivity index (χ0v) is 14.2. The van der Waals surface area contributed by atoms with E-state index in [1.165, 1.54) is 36.1 Å². The molecule has 1 aliphatic heterocycles. The summed E-state index contributed by atoms with van der Waals surface area (Å²) in [6, 6.07) is 8.82. The predicted octanol–water partition coefficient (Wildman–Crippen LogP) is 4.93. The van der Waals surface area contributed by atoms with Crippen molar-refractivity contribution in [1.29, 1.82) is 0 Å². The van der Waals surface area contributed by atoms with E-state index in [-0.39, 0.29) is 0 Å². The molecule has 1 heterocycles. The van der Waals surface area contributed by atoms with E-state index in [1.54, 1.807) is 0 Å². The Morgan fingerprint density at radius 3 is 2.71 bits per heavy atom. The van der Waals surface area contributed by atoms with Crippen LogP contribution in [0.5, 0.6) is 0 Å². The van der Waals surface area contributed by atoms with Crippen molar-refractivity contribution in [3.63, 3.8) is 0 Å². The van der Waals surface area contributed by atoms with Gasteiger partial charge in [0.05, 0.1) is 12.7 Å². The van der Waals surface area contributed by atoms with Crippen LogP contribution in [-0.2, 0) is 11.2 Å². The van der Waals surface area contributed by atoms with E-state index in [9.17, 15) is 0 Å². The second-order valence-corrected chi connectivity index (χ2v) is 9.33. The first-order chi connectivity index (χ1) is 10.0. The van der Waals surface area contributed by atoms with Gasteiger partial charge in [-0.15, -0.1) is 11.8 Å². The van der Waals surface area contributed by atoms with Gasteiger partial charge in [-0.05, 0) is 54.1 Å². The number of ether oxygens (including phenoxy) is 1. The molecule has 114 valence electrons. The number of hydrogen-bond acceptors (Lipinski definition) is 2. The molecule has 2 bridgehead atoms. The number of rotatable bonds is 3.